The Morgan fingerprint density at radius 2 is 1.63 bits per heavy atom. The average molecular weight is 428 g/mol. The third-order valence-electron chi connectivity index (χ3n) is 4.24. The molecule has 154 valence electrons. The van der Waals surface area contributed by atoms with Crippen LogP contribution in [0.4, 0.5) is 5.69 Å². The maximum Gasteiger partial charge on any atom is 0.276 e. The van der Waals surface area contributed by atoms with Gasteiger partial charge in [-0.1, -0.05) is 11.6 Å². The van der Waals surface area contributed by atoms with Gasteiger partial charge in [-0.05, 0) is 42.5 Å². The van der Waals surface area contributed by atoms with Crippen molar-refractivity contribution in [2.45, 2.75) is 0 Å². The first kappa shape index (κ1) is 21.1. The number of ether oxygens (including phenoxy) is 2. The molecule has 0 fully saturated rings. The van der Waals surface area contributed by atoms with Crippen LogP contribution >= 0.6 is 11.6 Å². The van der Waals surface area contributed by atoms with E-state index in [4.69, 9.17) is 26.3 Å². The Hall–Kier alpha value is -3.62. The van der Waals surface area contributed by atoms with Crippen molar-refractivity contribution in [1.82, 2.24) is 10.5 Å². The van der Waals surface area contributed by atoms with Crippen molar-refractivity contribution >= 4 is 29.1 Å². The fraction of sp³-hybridized carbons (Fsp3) is 0.0952. The Morgan fingerprint density at radius 1 is 0.933 bits per heavy atom. The van der Waals surface area contributed by atoms with Crippen LogP contribution in [0.2, 0.25) is 5.02 Å². The summed E-state index contributed by atoms with van der Waals surface area (Å²) in [6, 6.07) is 12.9. The van der Waals surface area contributed by atoms with Crippen molar-refractivity contribution in [2.75, 3.05) is 19.5 Å². The molecule has 3 N–H and O–H groups in total. The number of nitrogens with one attached hydrogen (secondary N) is 2. The number of halogens is 1. The number of methoxy groups -OCH3 is 2. The highest BCUT2D eigenvalue weighted by molar-refractivity contribution is 6.33. The van der Waals surface area contributed by atoms with Crippen LogP contribution in [0.5, 0.6) is 11.5 Å². The Morgan fingerprint density at radius 3 is 2.20 bits per heavy atom. The quantitative estimate of drug-likeness (QED) is 0.408. The molecule has 0 saturated carbocycles. The van der Waals surface area contributed by atoms with Crippen LogP contribution < -0.4 is 20.3 Å². The van der Waals surface area contributed by atoms with E-state index in [1.807, 2.05) is 0 Å². The second-order valence-electron chi connectivity index (χ2n) is 6.12. The molecule has 0 saturated heterocycles. The Labute approximate surface area is 177 Å². The number of benzene rings is 2. The molecule has 30 heavy (non-hydrogen) atoms. The van der Waals surface area contributed by atoms with Gasteiger partial charge < -0.3 is 14.8 Å². The summed E-state index contributed by atoms with van der Waals surface area (Å²) >= 11 is 6.29. The zero-order valence-electron chi connectivity index (χ0n) is 16.1. The molecule has 3 rings (SSSR count). The minimum absolute atomic E-state index is 0.189. The number of carbonyl (C=O) groups is 2. The molecule has 0 aliphatic rings. The normalized spacial score (nSPS) is 10.3. The van der Waals surface area contributed by atoms with Crippen LogP contribution in [-0.2, 0) is 0 Å². The molecular formula is C21H18ClN3O5. The van der Waals surface area contributed by atoms with Gasteiger partial charge in [-0.25, -0.2) is 5.48 Å². The molecule has 3 aromatic rings. The minimum atomic E-state index is -0.671. The van der Waals surface area contributed by atoms with E-state index in [0.29, 0.717) is 39.0 Å². The Balaban J connectivity index is 1.87. The van der Waals surface area contributed by atoms with Gasteiger partial charge in [0.1, 0.15) is 11.5 Å². The third-order valence-corrected chi connectivity index (χ3v) is 4.57. The van der Waals surface area contributed by atoms with Crippen molar-refractivity contribution in [3.05, 3.63) is 70.9 Å². The molecule has 0 radical (unpaired) electrons. The molecule has 9 heteroatoms. The molecular weight excluding hydrogens is 410 g/mol. The van der Waals surface area contributed by atoms with Crippen LogP contribution in [0, 0.1) is 0 Å². The topological polar surface area (TPSA) is 110 Å². The highest BCUT2D eigenvalue weighted by Gasteiger charge is 2.13. The van der Waals surface area contributed by atoms with Gasteiger partial charge in [0.2, 0.25) is 0 Å². The zero-order chi connectivity index (χ0) is 21.7. The number of rotatable bonds is 6. The predicted octanol–water partition coefficient (Wildman–Crippen LogP) is 3.79. The largest absolute Gasteiger partial charge is 0.497 e. The maximum absolute atomic E-state index is 12.7. The lowest BCUT2D eigenvalue weighted by Gasteiger charge is -2.11. The van der Waals surface area contributed by atoms with E-state index in [2.05, 4.69) is 10.3 Å². The van der Waals surface area contributed by atoms with E-state index < -0.39 is 5.91 Å². The lowest BCUT2D eigenvalue weighted by molar-refractivity contribution is 0.0706. The van der Waals surface area contributed by atoms with E-state index >= 15 is 0 Å². The van der Waals surface area contributed by atoms with Gasteiger partial charge in [0.05, 0.1) is 30.5 Å². The summed E-state index contributed by atoms with van der Waals surface area (Å²) in [7, 11) is 3.01. The molecule has 8 nitrogen and oxygen atoms in total. The summed E-state index contributed by atoms with van der Waals surface area (Å²) in [6.45, 7) is 0. The number of hydrogen-bond donors (Lipinski definition) is 3. The van der Waals surface area contributed by atoms with Crippen LogP contribution in [0.3, 0.4) is 0 Å². The Kier molecular flexibility index (Phi) is 6.51. The van der Waals surface area contributed by atoms with Crippen LogP contribution in [0.25, 0.3) is 11.3 Å². The summed E-state index contributed by atoms with van der Waals surface area (Å²) in [5.41, 5.74) is 3.65. The number of hydroxylamine groups is 1. The van der Waals surface area contributed by atoms with Gasteiger partial charge in [-0.2, -0.15) is 0 Å². The first-order valence-corrected chi connectivity index (χ1v) is 9.07. The number of hydrogen-bond acceptors (Lipinski definition) is 6. The van der Waals surface area contributed by atoms with Crippen LogP contribution in [0.1, 0.15) is 20.7 Å². The first-order valence-electron chi connectivity index (χ1n) is 8.70. The highest BCUT2D eigenvalue weighted by Crippen LogP contribution is 2.30. The summed E-state index contributed by atoms with van der Waals surface area (Å²) in [5, 5.41) is 11.9. The van der Waals surface area contributed by atoms with Crippen molar-refractivity contribution in [3.63, 3.8) is 0 Å². The number of anilines is 1. The number of aromatic nitrogens is 1. The van der Waals surface area contributed by atoms with Gasteiger partial charge in [0.25, 0.3) is 11.8 Å². The van der Waals surface area contributed by atoms with Gasteiger partial charge in [-0.3, -0.25) is 19.8 Å². The molecule has 0 unspecified atom stereocenters. The lowest BCUT2D eigenvalue weighted by Crippen LogP contribution is -2.18. The summed E-state index contributed by atoms with van der Waals surface area (Å²) in [6.07, 6.45) is 1.31. The number of carbonyl (C=O) groups excluding carboxylic acids is 2. The van der Waals surface area contributed by atoms with Gasteiger partial charge in [0.15, 0.2) is 0 Å². The van der Waals surface area contributed by atoms with E-state index in [-0.39, 0.29) is 11.5 Å². The number of amides is 2. The number of nitrogens with zero attached hydrogens (tertiary/aromatic N) is 1. The van der Waals surface area contributed by atoms with Crippen molar-refractivity contribution < 1.29 is 24.3 Å². The van der Waals surface area contributed by atoms with E-state index in [1.54, 1.807) is 47.9 Å². The fourth-order valence-electron chi connectivity index (χ4n) is 2.69. The molecule has 0 aliphatic carbocycles. The molecule has 2 amide bonds. The average Bonchev–Trinajstić information content (AvgIpc) is 2.79. The second kappa shape index (κ2) is 9.25. The fourth-order valence-corrected chi connectivity index (χ4v) is 2.91. The standard InChI is InChI=1S/C21H18ClN3O5/c1-29-15-7-13(8-16(10-15)30-2)20(26)24-14-4-5-18(22)17(9-14)19-6-3-12(11-23-19)21(27)25-28/h3-11,28H,1-2H3,(H,24,26)(H,25,27). The van der Waals surface area contributed by atoms with E-state index in [0.717, 1.165) is 0 Å². The smallest absolute Gasteiger partial charge is 0.276 e. The second-order valence-corrected chi connectivity index (χ2v) is 6.53. The molecule has 0 spiro atoms. The third kappa shape index (κ3) is 4.68. The molecule has 1 heterocycles. The Bertz CT molecular complexity index is 1060. The highest BCUT2D eigenvalue weighted by atomic mass is 35.5. The van der Waals surface area contributed by atoms with E-state index in [1.165, 1.54) is 26.5 Å². The van der Waals surface area contributed by atoms with Crippen molar-refractivity contribution in [1.29, 1.82) is 0 Å². The molecule has 1 aromatic heterocycles. The molecule has 0 bridgehead atoms. The molecule has 0 atom stereocenters. The minimum Gasteiger partial charge on any atom is -0.497 e. The van der Waals surface area contributed by atoms with Gasteiger partial charge in [0, 0.05) is 29.1 Å². The SMILES string of the molecule is COc1cc(OC)cc(C(=O)Nc2ccc(Cl)c(-c3ccc(C(=O)NO)cn3)c2)c1. The monoisotopic (exact) mass is 427 g/mol. The van der Waals surface area contributed by atoms with E-state index in [9.17, 15) is 9.59 Å². The lowest BCUT2D eigenvalue weighted by atomic mass is 10.1. The first-order chi connectivity index (χ1) is 14.4. The summed E-state index contributed by atoms with van der Waals surface area (Å²) < 4.78 is 10.4. The summed E-state index contributed by atoms with van der Waals surface area (Å²) in [4.78, 5) is 28.3. The maximum atomic E-state index is 12.7. The molecule has 2 aromatic carbocycles. The van der Waals surface area contributed by atoms with Crippen LogP contribution in [0.15, 0.2) is 54.7 Å². The predicted molar refractivity (Wildman–Crippen MR) is 111 cm³/mol. The van der Waals surface area contributed by atoms with Gasteiger partial charge in [-0.15, -0.1) is 0 Å². The zero-order valence-corrected chi connectivity index (χ0v) is 16.9. The van der Waals surface area contributed by atoms with Gasteiger partial charge >= 0.3 is 0 Å². The van der Waals surface area contributed by atoms with Crippen molar-refractivity contribution in [3.8, 4) is 22.8 Å². The van der Waals surface area contributed by atoms with Crippen molar-refractivity contribution in [2.24, 2.45) is 0 Å². The number of pyridine rings is 1. The summed E-state index contributed by atoms with van der Waals surface area (Å²) in [5.74, 6) is -0.0433. The molecule has 0 aliphatic heterocycles. The van der Waals surface area contributed by atoms with Crippen LogP contribution in [-0.4, -0.2) is 36.2 Å².